The van der Waals surface area contributed by atoms with Gasteiger partial charge in [-0.25, -0.2) is 0 Å². The SMILES string of the molecule is CCCCC1(c2ccc(C)cc2)CN1S(=O)(=O)N1CC1(CCCC)c1ccc(C)cc1. The lowest BCUT2D eigenvalue weighted by molar-refractivity contribution is 0.418. The molecule has 0 saturated carbocycles. The number of hydrogen-bond donors (Lipinski definition) is 0. The largest absolute Gasteiger partial charge is 0.283 e. The predicted molar refractivity (Wildman–Crippen MR) is 127 cm³/mol. The second kappa shape index (κ2) is 8.34. The third-order valence-electron chi connectivity index (χ3n) is 7.18. The second-order valence-electron chi connectivity index (χ2n) is 9.52. The molecule has 2 fully saturated rings. The monoisotopic (exact) mass is 440 g/mol. The van der Waals surface area contributed by atoms with Crippen molar-refractivity contribution in [2.75, 3.05) is 13.1 Å². The zero-order valence-electron chi connectivity index (χ0n) is 19.4. The molecule has 2 aromatic rings. The fourth-order valence-electron chi connectivity index (χ4n) is 4.96. The van der Waals surface area contributed by atoms with Gasteiger partial charge in [0, 0.05) is 13.1 Å². The highest BCUT2D eigenvalue weighted by Gasteiger charge is 2.68. The first-order valence-corrected chi connectivity index (χ1v) is 13.1. The Bertz CT molecular complexity index is 939. The van der Waals surface area contributed by atoms with Crippen molar-refractivity contribution >= 4 is 10.2 Å². The Kier molecular flexibility index (Phi) is 6.06. The molecule has 31 heavy (non-hydrogen) atoms. The molecule has 5 heteroatoms. The standard InChI is InChI=1S/C26H36N2O2S/c1-5-7-17-25(23-13-9-21(3)10-14-23)19-27(25)31(29,30)28-20-26(28,18-8-6-2)24-15-11-22(4)12-16-24/h9-16H,5-8,17-20H2,1-4H3. The Morgan fingerprint density at radius 2 is 1.06 bits per heavy atom. The van der Waals surface area contributed by atoms with Crippen LogP contribution >= 0.6 is 0 Å². The van der Waals surface area contributed by atoms with Crippen molar-refractivity contribution in [1.29, 1.82) is 0 Å². The fourth-order valence-corrected chi connectivity index (χ4v) is 7.23. The van der Waals surface area contributed by atoms with Gasteiger partial charge < -0.3 is 0 Å². The van der Waals surface area contributed by atoms with E-state index < -0.39 is 10.2 Å². The molecule has 2 aliphatic heterocycles. The van der Waals surface area contributed by atoms with Crippen LogP contribution in [0.25, 0.3) is 0 Å². The van der Waals surface area contributed by atoms with Crippen molar-refractivity contribution < 1.29 is 8.42 Å². The van der Waals surface area contributed by atoms with Crippen molar-refractivity contribution in [2.45, 2.75) is 77.3 Å². The van der Waals surface area contributed by atoms with Crippen LogP contribution in [-0.2, 0) is 21.3 Å². The Labute approximate surface area is 188 Å². The molecule has 2 aromatic carbocycles. The summed E-state index contributed by atoms with van der Waals surface area (Å²) in [5.41, 5.74) is 3.91. The lowest BCUT2D eigenvalue weighted by atomic mass is 9.93. The summed E-state index contributed by atoms with van der Waals surface area (Å²) in [5.74, 6) is 0. The van der Waals surface area contributed by atoms with E-state index in [4.69, 9.17) is 0 Å². The maximum atomic E-state index is 13.8. The van der Waals surface area contributed by atoms with Crippen molar-refractivity contribution in [3.8, 4) is 0 Å². The molecule has 0 N–H and O–H groups in total. The second-order valence-corrected chi connectivity index (χ2v) is 11.3. The summed E-state index contributed by atoms with van der Waals surface area (Å²) in [5, 5.41) is 0. The molecule has 2 heterocycles. The van der Waals surface area contributed by atoms with E-state index in [2.05, 4.69) is 76.2 Å². The summed E-state index contributed by atoms with van der Waals surface area (Å²) < 4.78 is 31.2. The summed E-state index contributed by atoms with van der Waals surface area (Å²) in [6.45, 7) is 9.66. The minimum absolute atomic E-state index is 0.380. The summed E-state index contributed by atoms with van der Waals surface area (Å²) in [6, 6.07) is 16.9. The van der Waals surface area contributed by atoms with Gasteiger partial charge in [-0.15, -0.1) is 0 Å². The van der Waals surface area contributed by atoms with Crippen LogP contribution in [0.4, 0.5) is 0 Å². The molecule has 0 bridgehead atoms. The quantitative estimate of drug-likeness (QED) is 0.448. The topological polar surface area (TPSA) is 40.2 Å². The van der Waals surface area contributed by atoms with Gasteiger partial charge in [0.15, 0.2) is 0 Å². The summed E-state index contributed by atoms with van der Waals surface area (Å²) >= 11 is 0. The van der Waals surface area contributed by atoms with Gasteiger partial charge >= 0.3 is 0 Å². The summed E-state index contributed by atoms with van der Waals surface area (Å²) in [4.78, 5) is 0. The van der Waals surface area contributed by atoms with Gasteiger partial charge in [0.25, 0.3) is 10.2 Å². The van der Waals surface area contributed by atoms with Crippen LogP contribution < -0.4 is 0 Å². The van der Waals surface area contributed by atoms with E-state index in [1.165, 1.54) is 11.1 Å². The van der Waals surface area contributed by atoms with Crippen LogP contribution in [-0.4, -0.2) is 30.1 Å². The van der Waals surface area contributed by atoms with Crippen LogP contribution in [0.5, 0.6) is 0 Å². The van der Waals surface area contributed by atoms with Gasteiger partial charge in [-0.2, -0.15) is 17.0 Å². The van der Waals surface area contributed by atoms with E-state index in [9.17, 15) is 8.42 Å². The predicted octanol–water partition coefficient (Wildman–Crippen LogP) is 5.65. The van der Waals surface area contributed by atoms with Crippen LogP contribution in [0.1, 0.15) is 74.6 Å². The van der Waals surface area contributed by atoms with Crippen molar-refractivity contribution in [2.24, 2.45) is 0 Å². The molecule has 0 amide bonds. The van der Waals surface area contributed by atoms with E-state index in [1.54, 1.807) is 8.61 Å². The molecule has 2 aliphatic rings. The molecular formula is C26H36N2O2S. The number of hydrogen-bond acceptors (Lipinski definition) is 2. The van der Waals surface area contributed by atoms with Crippen LogP contribution in [0.3, 0.4) is 0 Å². The molecule has 168 valence electrons. The minimum atomic E-state index is -3.52. The van der Waals surface area contributed by atoms with Crippen molar-refractivity contribution in [1.82, 2.24) is 8.61 Å². The third kappa shape index (κ3) is 3.96. The first-order chi connectivity index (χ1) is 14.8. The maximum Gasteiger partial charge on any atom is 0.283 e. The highest BCUT2D eigenvalue weighted by atomic mass is 32.2. The van der Waals surface area contributed by atoms with E-state index in [0.29, 0.717) is 13.1 Å². The van der Waals surface area contributed by atoms with E-state index >= 15 is 0 Å². The lowest BCUT2D eigenvalue weighted by Crippen LogP contribution is -2.31. The Balaban J connectivity index is 1.64. The molecule has 2 saturated heterocycles. The molecule has 0 aromatic heterocycles. The summed E-state index contributed by atoms with van der Waals surface area (Å²) in [6.07, 6.45) is 5.94. The molecule has 0 spiro atoms. The van der Waals surface area contributed by atoms with Crippen molar-refractivity contribution in [3.63, 3.8) is 0 Å². The molecule has 4 atom stereocenters. The van der Waals surface area contributed by atoms with Gasteiger partial charge in [0.2, 0.25) is 0 Å². The van der Waals surface area contributed by atoms with Crippen LogP contribution in [0.2, 0.25) is 0 Å². The smallest absolute Gasteiger partial charge is 0.195 e. The number of unbranched alkanes of at least 4 members (excludes halogenated alkanes) is 2. The first kappa shape index (κ1) is 22.5. The fraction of sp³-hybridized carbons (Fsp3) is 0.538. The molecule has 0 radical (unpaired) electrons. The molecule has 0 aliphatic carbocycles. The van der Waals surface area contributed by atoms with Gasteiger partial charge in [-0.05, 0) is 37.8 Å². The van der Waals surface area contributed by atoms with Crippen LogP contribution in [0.15, 0.2) is 48.5 Å². The minimum Gasteiger partial charge on any atom is -0.195 e. The van der Waals surface area contributed by atoms with Crippen LogP contribution in [0, 0.1) is 13.8 Å². The molecule has 4 unspecified atom stereocenters. The Hall–Kier alpha value is -1.69. The van der Waals surface area contributed by atoms with Gasteiger partial charge in [-0.1, -0.05) is 99.2 Å². The first-order valence-electron chi connectivity index (χ1n) is 11.7. The van der Waals surface area contributed by atoms with Gasteiger partial charge in [0.1, 0.15) is 0 Å². The normalized spacial score (nSPS) is 29.7. The number of rotatable bonds is 10. The third-order valence-corrected chi connectivity index (χ3v) is 9.25. The average molecular weight is 441 g/mol. The number of aryl methyl sites for hydroxylation is 2. The number of nitrogens with zero attached hydrogens (tertiary/aromatic N) is 2. The summed E-state index contributed by atoms with van der Waals surface area (Å²) in [7, 11) is -3.52. The van der Waals surface area contributed by atoms with E-state index in [0.717, 1.165) is 49.7 Å². The Morgan fingerprint density at radius 1 is 0.710 bits per heavy atom. The Morgan fingerprint density at radius 3 is 1.39 bits per heavy atom. The maximum absolute atomic E-state index is 13.8. The van der Waals surface area contributed by atoms with E-state index in [1.807, 2.05) is 0 Å². The highest BCUT2D eigenvalue weighted by molar-refractivity contribution is 7.87. The average Bonchev–Trinajstić information content (AvgIpc) is 3.66. The van der Waals surface area contributed by atoms with Crippen molar-refractivity contribution in [3.05, 3.63) is 70.8 Å². The highest BCUT2D eigenvalue weighted by Crippen LogP contribution is 2.56. The molecular weight excluding hydrogens is 404 g/mol. The zero-order chi connectivity index (χ0) is 22.3. The lowest BCUT2D eigenvalue weighted by Gasteiger charge is -2.22. The van der Waals surface area contributed by atoms with Gasteiger partial charge in [0.05, 0.1) is 11.1 Å². The number of benzene rings is 2. The molecule has 4 nitrogen and oxygen atoms in total. The van der Waals surface area contributed by atoms with Gasteiger partial charge in [-0.3, -0.25) is 0 Å². The van der Waals surface area contributed by atoms with E-state index in [-0.39, 0.29) is 11.1 Å². The molecule has 4 rings (SSSR count). The zero-order valence-corrected chi connectivity index (χ0v) is 20.2.